The third-order valence-electron chi connectivity index (χ3n) is 1.65. The van der Waals surface area contributed by atoms with Crippen molar-refractivity contribution in [3.8, 4) is 5.75 Å². The van der Waals surface area contributed by atoms with Crippen molar-refractivity contribution in [2.75, 3.05) is 6.61 Å². The number of rotatable bonds is 1. The minimum atomic E-state index is 0.00194. The number of phenols is 1. The Kier molecular flexibility index (Phi) is 1.52. The first-order valence-electron chi connectivity index (χ1n) is 3.43. The lowest BCUT2D eigenvalue weighted by Crippen LogP contribution is -2.22. The Hall–Kier alpha value is -1.06. The third kappa shape index (κ3) is 1.20. The zero-order valence-corrected chi connectivity index (χ0v) is 5.86. The molecule has 1 aliphatic heterocycles. The van der Waals surface area contributed by atoms with Crippen LogP contribution in [0.4, 0.5) is 0 Å². The molecule has 1 atom stereocenters. The quantitative estimate of drug-likeness (QED) is 0.618. The first kappa shape index (κ1) is 6.64. The van der Waals surface area contributed by atoms with E-state index < -0.39 is 0 Å². The van der Waals surface area contributed by atoms with Crippen molar-refractivity contribution in [1.29, 1.82) is 0 Å². The van der Waals surface area contributed by atoms with E-state index in [1.165, 1.54) is 0 Å². The molecule has 0 aromatic heterocycles. The van der Waals surface area contributed by atoms with E-state index in [-0.39, 0.29) is 11.9 Å². The molecular weight excluding hydrogens is 144 g/mol. The first-order valence-corrected chi connectivity index (χ1v) is 3.43. The number of hydrogen-bond acceptors (Lipinski definition) is 3. The van der Waals surface area contributed by atoms with Crippen LogP contribution in [0.25, 0.3) is 0 Å². The molecule has 0 spiro atoms. The Bertz CT molecular complexity index is 255. The van der Waals surface area contributed by atoms with Gasteiger partial charge in [0.15, 0.2) is 0 Å². The van der Waals surface area contributed by atoms with Crippen LogP contribution in [0.2, 0.25) is 0 Å². The van der Waals surface area contributed by atoms with E-state index in [4.69, 9.17) is 9.99 Å². The van der Waals surface area contributed by atoms with Gasteiger partial charge >= 0.3 is 0 Å². The Morgan fingerprint density at radius 1 is 1.45 bits per heavy atom. The molecule has 0 radical (unpaired) electrons. The average Bonchev–Trinajstić information content (AvgIpc) is 1.83. The summed E-state index contributed by atoms with van der Waals surface area (Å²) in [6.07, 6.45) is 0.00194. The second-order valence-electron chi connectivity index (χ2n) is 2.46. The lowest BCUT2D eigenvalue weighted by Gasteiger charge is -2.24. The summed E-state index contributed by atoms with van der Waals surface area (Å²) in [5.74, 6) is 0.262. The van der Waals surface area contributed by atoms with E-state index in [1.54, 1.807) is 18.2 Å². The average molecular weight is 152 g/mol. The smallest absolute Gasteiger partial charge is 0.144 e. The maximum atomic E-state index is 9.09. The van der Waals surface area contributed by atoms with Crippen molar-refractivity contribution in [1.82, 2.24) is 0 Å². The van der Waals surface area contributed by atoms with E-state index >= 15 is 0 Å². The third-order valence-corrected chi connectivity index (χ3v) is 1.65. The van der Waals surface area contributed by atoms with Gasteiger partial charge in [0.25, 0.3) is 0 Å². The van der Waals surface area contributed by atoms with Crippen molar-refractivity contribution in [2.45, 2.75) is 6.10 Å². The fourth-order valence-electron chi connectivity index (χ4n) is 1.01. The van der Waals surface area contributed by atoms with E-state index in [0.29, 0.717) is 6.61 Å². The molecule has 1 aromatic rings. The molecule has 1 N–H and O–H groups in total. The molecule has 0 aliphatic carbocycles. The number of phenolic OH excluding ortho intramolecular Hbond substituents is 1. The molecule has 1 saturated heterocycles. The lowest BCUT2D eigenvalue weighted by molar-refractivity contribution is -0.429. The van der Waals surface area contributed by atoms with Crippen molar-refractivity contribution in [3.63, 3.8) is 0 Å². The molecular formula is C8H8O3. The summed E-state index contributed by atoms with van der Waals surface area (Å²) in [5, 5.41) is 9.09. The van der Waals surface area contributed by atoms with Crippen molar-refractivity contribution < 1.29 is 14.9 Å². The highest BCUT2D eigenvalue weighted by atomic mass is 17.2. The van der Waals surface area contributed by atoms with Crippen LogP contribution in [0.5, 0.6) is 5.75 Å². The molecule has 3 nitrogen and oxygen atoms in total. The molecule has 1 aliphatic rings. The van der Waals surface area contributed by atoms with Crippen LogP contribution in [0.15, 0.2) is 24.3 Å². The lowest BCUT2D eigenvalue weighted by atomic mass is 10.1. The molecule has 1 fully saturated rings. The largest absolute Gasteiger partial charge is 0.508 e. The summed E-state index contributed by atoms with van der Waals surface area (Å²) in [5.41, 5.74) is 0.955. The van der Waals surface area contributed by atoms with Crippen LogP contribution in [-0.4, -0.2) is 11.7 Å². The molecule has 0 bridgehead atoms. The highest BCUT2D eigenvalue weighted by Crippen LogP contribution is 2.27. The van der Waals surface area contributed by atoms with Crippen molar-refractivity contribution >= 4 is 0 Å². The summed E-state index contributed by atoms with van der Waals surface area (Å²) < 4.78 is 0. The van der Waals surface area contributed by atoms with E-state index in [2.05, 4.69) is 4.89 Å². The topological polar surface area (TPSA) is 38.7 Å². The van der Waals surface area contributed by atoms with Gasteiger partial charge < -0.3 is 5.11 Å². The van der Waals surface area contributed by atoms with Gasteiger partial charge in [-0.1, -0.05) is 12.1 Å². The summed E-state index contributed by atoms with van der Waals surface area (Å²) >= 11 is 0. The summed E-state index contributed by atoms with van der Waals surface area (Å²) in [4.78, 5) is 9.31. The molecule has 0 amide bonds. The predicted molar refractivity (Wildman–Crippen MR) is 37.9 cm³/mol. The van der Waals surface area contributed by atoms with E-state index in [0.717, 1.165) is 5.56 Å². The standard InChI is InChI=1S/C8H8O3/c9-7-3-1-2-6(4-7)8-5-10-11-8/h1-4,8-9H,5H2. The van der Waals surface area contributed by atoms with Gasteiger partial charge in [-0.2, -0.15) is 0 Å². The van der Waals surface area contributed by atoms with Crippen LogP contribution in [0.3, 0.4) is 0 Å². The zero-order valence-electron chi connectivity index (χ0n) is 5.86. The molecule has 58 valence electrons. The summed E-state index contributed by atoms with van der Waals surface area (Å²) in [6, 6.07) is 6.98. The molecule has 3 heteroatoms. The van der Waals surface area contributed by atoms with Gasteiger partial charge in [0.1, 0.15) is 18.5 Å². The summed E-state index contributed by atoms with van der Waals surface area (Å²) in [7, 11) is 0. The Labute approximate surface area is 64.1 Å². The van der Waals surface area contributed by atoms with Crippen molar-refractivity contribution in [3.05, 3.63) is 29.8 Å². The fourth-order valence-corrected chi connectivity index (χ4v) is 1.01. The SMILES string of the molecule is Oc1cccc(C2COO2)c1. The monoisotopic (exact) mass is 152 g/mol. The zero-order chi connectivity index (χ0) is 7.68. The maximum Gasteiger partial charge on any atom is 0.144 e. The van der Waals surface area contributed by atoms with Crippen LogP contribution in [-0.2, 0) is 9.78 Å². The molecule has 0 saturated carbocycles. The van der Waals surface area contributed by atoms with E-state index in [1.807, 2.05) is 6.07 Å². The van der Waals surface area contributed by atoms with Crippen LogP contribution < -0.4 is 0 Å². The number of hydrogen-bond donors (Lipinski definition) is 1. The first-order chi connectivity index (χ1) is 5.36. The fraction of sp³-hybridized carbons (Fsp3) is 0.250. The van der Waals surface area contributed by atoms with Crippen LogP contribution >= 0.6 is 0 Å². The Balaban J connectivity index is 2.23. The Morgan fingerprint density at radius 3 is 2.82 bits per heavy atom. The van der Waals surface area contributed by atoms with Gasteiger partial charge in [-0.15, -0.1) is 0 Å². The maximum absolute atomic E-state index is 9.09. The van der Waals surface area contributed by atoms with Gasteiger partial charge in [0.2, 0.25) is 0 Å². The van der Waals surface area contributed by atoms with E-state index in [9.17, 15) is 0 Å². The highest BCUT2D eigenvalue weighted by Gasteiger charge is 2.22. The normalized spacial score (nSPS) is 22.7. The van der Waals surface area contributed by atoms with Gasteiger partial charge in [-0.3, -0.25) is 0 Å². The number of aromatic hydroxyl groups is 1. The molecule has 11 heavy (non-hydrogen) atoms. The second-order valence-corrected chi connectivity index (χ2v) is 2.46. The Morgan fingerprint density at radius 2 is 2.27 bits per heavy atom. The minimum absolute atomic E-state index is 0.00194. The minimum Gasteiger partial charge on any atom is -0.508 e. The molecule has 2 rings (SSSR count). The highest BCUT2D eigenvalue weighted by molar-refractivity contribution is 5.28. The van der Waals surface area contributed by atoms with Gasteiger partial charge in [0, 0.05) is 0 Å². The van der Waals surface area contributed by atoms with Gasteiger partial charge in [-0.05, 0) is 17.7 Å². The second kappa shape index (κ2) is 2.53. The van der Waals surface area contributed by atoms with Crippen molar-refractivity contribution in [2.24, 2.45) is 0 Å². The molecule has 1 aromatic carbocycles. The predicted octanol–water partition coefficient (Wildman–Crippen LogP) is 1.40. The van der Waals surface area contributed by atoms with Gasteiger partial charge in [0.05, 0.1) is 0 Å². The summed E-state index contributed by atoms with van der Waals surface area (Å²) in [6.45, 7) is 0.573. The van der Waals surface area contributed by atoms with Crippen LogP contribution in [0.1, 0.15) is 11.7 Å². The number of benzene rings is 1. The molecule has 1 unspecified atom stereocenters. The van der Waals surface area contributed by atoms with Crippen LogP contribution in [0, 0.1) is 0 Å². The van der Waals surface area contributed by atoms with Gasteiger partial charge in [-0.25, -0.2) is 9.78 Å². The molecule has 1 heterocycles.